The quantitative estimate of drug-likeness (QED) is 0.777. The highest BCUT2D eigenvalue weighted by molar-refractivity contribution is 5.94. The van der Waals surface area contributed by atoms with E-state index in [9.17, 15) is 13.6 Å². The highest BCUT2D eigenvalue weighted by atomic mass is 19.1. The van der Waals surface area contributed by atoms with Gasteiger partial charge in [0.15, 0.2) is 11.6 Å². The summed E-state index contributed by atoms with van der Waals surface area (Å²) in [5.41, 5.74) is 0.389. The zero-order chi connectivity index (χ0) is 18.1. The van der Waals surface area contributed by atoms with Gasteiger partial charge in [-0.1, -0.05) is 5.16 Å². The number of aromatic amines is 1. The lowest BCUT2D eigenvalue weighted by molar-refractivity contribution is 0.0698. The summed E-state index contributed by atoms with van der Waals surface area (Å²) in [6, 6.07) is 2.63. The lowest BCUT2D eigenvalue weighted by Gasteiger charge is -2.31. The second-order valence-corrected chi connectivity index (χ2v) is 6.14. The fraction of sp³-hybridized carbons (Fsp3) is 0.294. The average Bonchev–Trinajstić information content (AvgIpc) is 3.31. The Hall–Kier alpha value is -3.10. The number of hydrogen-bond acceptors (Lipinski definition) is 5. The van der Waals surface area contributed by atoms with Crippen molar-refractivity contribution in [3.63, 3.8) is 0 Å². The van der Waals surface area contributed by atoms with E-state index in [0.717, 1.165) is 19.0 Å². The standard InChI is InChI=1S/C17H15F2N5O2/c18-11-6-14(21-7-11)16-22-15(23-26-16)10-2-1-5-24(9-10)17(25)12-3-4-20-8-13(12)19/h3-4,6-8,10,21H,1-2,5,9H2. The number of nitrogens with zero attached hydrogens (tertiary/aromatic N) is 4. The van der Waals surface area contributed by atoms with E-state index in [-0.39, 0.29) is 23.3 Å². The van der Waals surface area contributed by atoms with Gasteiger partial charge in [-0.15, -0.1) is 0 Å². The van der Waals surface area contributed by atoms with Crippen molar-refractivity contribution in [2.24, 2.45) is 0 Å². The number of carbonyl (C=O) groups is 1. The third-order valence-electron chi connectivity index (χ3n) is 4.40. The first-order chi connectivity index (χ1) is 12.6. The minimum atomic E-state index is -0.643. The van der Waals surface area contributed by atoms with Gasteiger partial charge in [0.1, 0.15) is 11.5 Å². The second kappa shape index (κ2) is 6.66. The van der Waals surface area contributed by atoms with Crippen LogP contribution in [0.15, 0.2) is 35.2 Å². The zero-order valence-electron chi connectivity index (χ0n) is 13.7. The van der Waals surface area contributed by atoms with Gasteiger partial charge in [0.2, 0.25) is 0 Å². The normalized spacial score (nSPS) is 17.5. The van der Waals surface area contributed by atoms with E-state index >= 15 is 0 Å². The fourth-order valence-electron chi connectivity index (χ4n) is 3.09. The maximum atomic E-state index is 13.8. The van der Waals surface area contributed by atoms with E-state index in [4.69, 9.17) is 4.52 Å². The molecule has 1 atom stereocenters. The predicted molar refractivity (Wildman–Crippen MR) is 86.1 cm³/mol. The maximum absolute atomic E-state index is 13.8. The Morgan fingerprint density at radius 3 is 3.04 bits per heavy atom. The average molecular weight is 359 g/mol. The molecule has 1 aliphatic heterocycles. The largest absolute Gasteiger partial charge is 0.355 e. The third kappa shape index (κ3) is 3.07. The molecule has 9 heteroatoms. The molecule has 0 saturated carbocycles. The number of rotatable bonds is 3. The maximum Gasteiger partial charge on any atom is 0.274 e. The van der Waals surface area contributed by atoms with Crippen LogP contribution in [0.3, 0.4) is 0 Å². The summed E-state index contributed by atoms with van der Waals surface area (Å²) in [4.78, 5) is 24.8. The van der Waals surface area contributed by atoms with Crippen molar-refractivity contribution < 1.29 is 18.1 Å². The van der Waals surface area contributed by atoms with Crippen molar-refractivity contribution in [1.82, 2.24) is 25.0 Å². The first-order valence-electron chi connectivity index (χ1n) is 8.18. The number of amides is 1. The molecule has 26 heavy (non-hydrogen) atoms. The van der Waals surface area contributed by atoms with E-state index in [1.165, 1.54) is 24.5 Å². The van der Waals surface area contributed by atoms with Crippen molar-refractivity contribution in [2.45, 2.75) is 18.8 Å². The topological polar surface area (TPSA) is 87.9 Å². The monoisotopic (exact) mass is 359 g/mol. The fourth-order valence-corrected chi connectivity index (χ4v) is 3.09. The molecule has 1 aliphatic rings. The van der Waals surface area contributed by atoms with Crippen molar-refractivity contribution >= 4 is 5.91 Å². The van der Waals surface area contributed by atoms with E-state index in [0.29, 0.717) is 24.6 Å². The van der Waals surface area contributed by atoms with Crippen LogP contribution in [-0.2, 0) is 0 Å². The lowest BCUT2D eigenvalue weighted by atomic mass is 9.97. The van der Waals surface area contributed by atoms with Crippen LogP contribution in [0.2, 0.25) is 0 Å². The molecular formula is C17H15F2N5O2. The summed E-state index contributed by atoms with van der Waals surface area (Å²) in [6.07, 6.45) is 5.13. The van der Waals surface area contributed by atoms with Gasteiger partial charge in [-0.25, -0.2) is 8.78 Å². The number of nitrogens with one attached hydrogen (secondary N) is 1. The number of carbonyl (C=O) groups excluding carboxylic acids is 1. The highest BCUT2D eigenvalue weighted by Crippen LogP contribution is 2.28. The molecule has 4 heterocycles. The van der Waals surface area contributed by atoms with Crippen molar-refractivity contribution in [3.05, 3.63) is 53.7 Å². The summed E-state index contributed by atoms with van der Waals surface area (Å²) in [5, 5.41) is 3.96. The van der Waals surface area contributed by atoms with Gasteiger partial charge in [-0.3, -0.25) is 9.78 Å². The molecular weight excluding hydrogens is 344 g/mol. The van der Waals surface area contributed by atoms with Crippen molar-refractivity contribution in [1.29, 1.82) is 0 Å². The molecule has 0 radical (unpaired) electrons. The molecule has 3 aromatic heterocycles. The second-order valence-electron chi connectivity index (χ2n) is 6.14. The Labute approximate surface area is 147 Å². The minimum Gasteiger partial charge on any atom is -0.355 e. The van der Waals surface area contributed by atoms with Crippen LogP contribution in [0, 0.1) is 11.6 Å². The highest BCUT2D eigenvalue weighted by Gasteiger charge is 2.29. The number of aromatic nitrogens is 4. The van der Waals surface area contributed by atoms with Crippen LogP contribution in [0.4, 0.5) is 8.78 Å². The molecule has 1 saturated heterocycles. The Balaban J connectivity index is 1.51. The third-order valence-corrected chi connectivity index (χ3v) is 4.40. The number of likely N-dealkylation sites (tertiary alicyclic amines) is 1. The minimum absolute atomic E-state index is 0.00342. The molecule has 3 aromatic rings. The van der Waals surface area contributed by atoms with Gasteiger partial charge in [-0.05, 0) is 18.9 Å². The van der Waals surface area contributed by atoms with Crippen LogP contribution >= 0.6 is 0 Å². The predicted octanol–water partition coefficient (Wildman–Crippen LogP) is 2.76. The first kappa shape index (κ1) is 16.4. The first-order valence-corrected chi connectivity index (χ1v) is 8.18. The van der Waals surface area contributed by atoms with Gasteiger partial charge < -0.3 is 14.4 Å². The Bertz CT molecular complexity index is 939. The lowest BCUT2D eigenvalue weighted by Crippen LogP contribution is -2.39. The molecule has 1 fully saturated rings. The summed E-state index contributed by atoms with van der Waals surface area (Å²) < 4.78 is 32.1. The molecule has 1 N–H and O–H groups in total. The van der Waals surface area contributed by atoms with E-state index in [1.807, 2.05) is 0 Å². The molecule has 1 amide bonds. The summed E-state index contributed by atoms with van der Waals surface area (Å²) >= 11 is 0. The van der Waals surface area contributed by atoms with Gasteiger partial charge in [0.05, 0.1) is 11.8 Å². The number of H-pyrrole nitrogens is 1. The Morgan fingerprint density at radius 1 is 1.38 bits per heavy atom. The van der Waals surface area contributed by atoms with Gasteiger partial charge in [0, 0.05) is 37.5 Å². The van der Waals surface area contributed by atoms with Gasteiger partial charge in [-0.2, -0.15) is 4.98 Å². The van der Waals surface area contributed by atoms with Crippen molar-refractivity contribution in [3.8, 4) is 11.6 Å². The molecule has 4 rings (SSSR count). The summed E-state index contributed by atoms with van der Waals surface area (Å²) in [7, 11) is 0. The molecule has 134 valence electrons. The molecule has 0 bridgehead atoms. The van der Waals surface area contributed by atoms with E-state index < -0.39 is 11.6 Å². The van der Waals surface area contributed by atoms with Crippen LogP contribution < -0.4 is 0 Å². The molecule has 0 spiro atoms. The van der Waals surface area contributed by atoms with Crippen LogP contribution in [0.5, 0.6) is 0 Å². The molecule has 7 nitrogen and oxygen atoms in total. The van der Waals surface area contributed by atoms with Crippen LogP contribution in [0.1, 0.15) is 34.9 Å². The summed E-state index contributed by atoms with van der Waals surface area (Å²) in [5.74, 6) is -0.946. The number of pyridine rings is 1. The molecule has 0 aromatic carbocycles. The number of halogens is 2. The van der Waals surface area contributed by atoms with Gasteiger partial charge >= 0.3 is 0 Å². The zero-order valence-corrected chi connectivity index (χ0v) is 13.7. The molecule has 1 unspecified atom stereocenters. The molecule has 0 aliphatic carbocycles. The van der Waals surface area contributed by atoms with Gasteiger partial charge in [0.25, 0.3) is 11.8 Å². The SMILES string of the molecule is O=C(c1ccncc1F)N1CCCC(c2noc(-c3cc(F)c[nH]3)n2)C1. The Kier molecular flexibility index (Phi) is 4.19. The number of hydrogen-bond donors (Lipinski definition) is 1. The smallest absolute Gasteiger partial charge is 0.274 e. The van der Waals surface area contributed by atoms with Crippen LogP contribution in [-0.4, -0.2) is 44.0 Å². The van der Waals surface area contributed by atoms with Crippen molar-refractivity contribution in [2.75, 3.05) is 13.1 Å². The van der Waals surface area contributed by atoms with Crippen LogP contribution in [0.25, 0.3) is 11.6 Å². The number of piperidine rings is 1. The Morgan fingerprint density at radius 2 is 2.27 bits per heavy atom. The van der Waals surface area contributed by atoms with E-state index in [2.05, 4.69) is 20.1 Å². The summed E-state index contributed by atoms with van der Waals surface area (Å²) in [6.45, 7) is 0.891. The van der Waals surface area contributed by atoms with E-state index in [1.54, 1.807) is 4.90 Å².